The van der Waals surface area contributed by atoms with Crippen LogP contribution in [0.4, 0.5) is 5.69 Å². The van der Waals surface area contributed by atoms with E-state index in [0.717, 1.165) is 0 Å². The third kappa shape index (κ3) is 2.95. The van der Waals surface area contributed by atoms with Gasteiger partial charge in [-0.2, -0.15) is 0 Å². The first-order chi connectivity index (χ1) is 7.92. The van der Waals surface area contributed by atoms with Gasteiger partial charge in [0.15, 0.2) is 0 Å². The lowest BCUT2D eigenvalue weighted by molar-refractivity contribution is 0.0601. The molecule has 1 rings (SSSR count). The molecular formula is C10H14N2O4S. The molecule has 0 heterocycles. The van der Waals surface area contributed by atoms with Gasteiger partial charge in [-0.1, -0.05) is 0 Å². The standard InChI is InChI=1S/C10H14N2O4S/c1-3-17(14,15)12(11)9-6-4-8(5-7-9)10(13)16-2/h4-7H,3,11H2,1-2H3. The minimum Gasteiger partial charge on any atom is -0.465 e. The van der Waals surface area contributed by atoms with Gasteiger partial charge >= 0.3 is 5.97 Å². The van der Waals surface area contributed by atoms with Gasteiger partial charge in [-0.3, -0.25) is 0 Å². The molecule has 0 atom stereocenters. The van der Waals surface area contributed by atoms with Crippen LogP contribution in [0, 0.1) is 0 Å². The molecule has 0 saturated heterocycles. The second kappa shape index (κ2) is 5.15. The van der Waals surface area contributed by atoms with E-state index in [9.17, 15) is 13.2 Å². The van der Waals surface area contributed by atoms with Crippen molar-refractivity contribution in [2.24, 2.45) is 5.84 Å². The van der Waals surface area contributed by atoms with Crippen molar-refractivity contribution in [2.45, 2.75) is 6.92 Å². The van der Waals surface area contributed by atoms with E-state index in [2.05, 4.69) is 4.74 Å². The molecule has 0 saturated carbocycles. The summed E-state index contributed by atoms with van der Waals surface area (Å²) in [5.41, 5.74) is 0.623. The third-order valence-corrected chi connectivity index (χ3v) is 3.75. The van der Waals surface area contributed by atoms with Gasteiger partial charge in [-0.15, -0.1) is 0 Å². The van der Waals surface area contributed by atoms with Crippen LogP contribution in [0.3, 0.4) is 0 Å². The van der Waals surface area contributed by atoms with Gasteiger partial charge in [0.2, 0.25) is 10.0 Å². The highest BCUT2D eigenvalue weighted by Crippen LogP contribution is 2.16. The summed E-state index contributed by atoms with van der Waals surface area (Å²) in [6.07, 6.45) is 0. The molecule has 2 N–H and O–H groups in total. The van der Waals surface area contributed by atoms with Crippen molar-refractivity contribution >= 4 is 21.7 Å². The molecule has 1 aromatic carbocycles. The second-order valence-corrected chi connectivity index (χ2v) is 5.37. The van der Waals surface area contributed by atoms with Crippen LogP contribution in [-0.2, 0) is 14.8 Å². The van der Waals surface area contributed by atoms with Gasteiger partial charge < -0.3 is 4.74 Å². The number of rotatable bonds is 4. The molecule has 7 heteroatoms. The number of benzene rings is 1. The fourth-order valence-corrected chi connectivity index (χ4v) is 1.88. The summed E-state index contributed by atoms with van der Waals surface area (Å²) in [6, 6.07) is 5.79. The second-order valence-electron chi connectivity index (χ2n) is 3.23. The van der Waals surface area contributed by atoms with E-state index in [1.807, 2.05) is 0 Å². The number of nitrogens with two attached hydrogens (primary N) is 1. The summed E-state index contributed by atoms with van der Waals surface area (Å²) >= 11 is 0. The van der Waals surface area contributed by atoms with E-state index in [0.29, 0.717) is 15.7 Å². The molecule has 17 heavy (non-hydrogen) atoms. The van der Waals surface area contributed by atoms with Crippen LogP contribution in [0.5, 0.6) is 0 Å². The first kappa shape index (κ1) is 13.5. The zero-order valence-corrected chi connectivity index (χ0v) is 10.4. The Balaban J connectivity index is 3.00. The molecule has 0 aromatic heterocycles. The zero-order chi connectivity index (χ0) is 13.1. The predicted octanol–water partition coefficient (Wildman–Crippen LogP) is 0.503. The van der Waals surface area contributed by atoms with E-state index in [1.54, 1.807) is 0 Å². The summed E-state index contributed by atoms with van der Waals surface area (Å²) in [7, 11) is -2.22. The van der Waals surface area contributed by atoms with Crippen LogP contribution < -0.4 is 10.3 Å². The predicted molar refractivity (Wildman–Crippen MR) is 63.9 cm³/mol. The molecular weight excluding hydrogens is 244 g/mol. The monoisotopic (exact) mass is 258 g/mol. The van der Waals surface area contributed by atoms with E-state index < -0.39 is 16.0 Å². The molecule has 1 aromatic rings. The Morgan fingerprint density at radius 2 is 1.88 bits per heavy atom. The number of carbonyl (C=O) groups is 1. The first-order valence-electron chi connectivity index (χ1n) is 4.88. The summed E-state index contributed by atoms with van der Waals surface area (Å²) in [5, 5.41) is 0. The number of hydrazine groups is 1. The lowest BCUT2D eigenvalue weighted by Gasteiger charge is -2.17. The van der Waals surface area contributed by atoms with Crippen molar-refractivity contribution in [3.63, 3.8) is 0 Å². The van der Waals surface area contributed by atoms with Crippen LogP contribution in [0.1, 0.15) is 17.3 Å². The molecule has 0 spiro atoms. The maximum absolute atomic E-state index is 11.5. The minimum atomic E-state index is -3.49. The Kier molecular flexibility index (Phi) is 4.08. The first-order valence-corrected chi connectivity index (χ1v) is 6.49. The fourth-order valence-electron chi connectivity index (χ4n) is 1.16. The highest BCUT2D eigenvalue weighted by atomic mass is 32.2. The lowest BCUT2D eigenvalue weighted by atomic mass is 10.2. The summed E-state index contributed by atoms with van der Waals surface area (Å²) in [6.45, 7) is 1.50. The van der Waals surface area contributed by atoms with E-state index in [-0.39, 0.29) is 5.75 Å². The van der Waals surface area contributed by atoms with Crippen molar-refractivity contribution < 1.29 is 17.9 Å². The number of methoxy groups -OCH3 is 1. The van der Waals surface area contributed by atoms with Gasteiger partial charge in [0.1, 0.15) is 0 Å². The fraction of sp³-hybridized carbons (Fsp3) is 0.300. The number of ether oxygens (including phenoxy) is 1. The summed E-state index contributed by atoms with van der Waals surface area (Å²) in [5.74, 6) is 4.89. The van der Waals surface area contributed by atoms with Crippen LogP contribution in [-0.4, -0.2) is 27.2 Å². The molecule has 0 amide bonds. The number of hydrogen-bond acceptors (Lipinski definition) is 5. The number of sulfonamides is 1. The molecule has 0 bridgehead atoms. The van der Waals surface area contributed by atoms with Crippen molar-refractivity contribution in [1.29, 1.82) is 0 Å². The number of hydrogen-bond donors (Lipinski definition) is 1. The number of carbonyl (C=O) groups excluding carboxylic acids is 1. The van der Waals surface area contributed by atoms with Crippen LogP contribution in [0.25, 0.3) is 0 Å². The minimum absolute atomic E-state index is 0.0950. The summed E-state index contributed by atoms with van der Waals surface area (Å²) < 4.78 is 28.2. The van der Waals surface area contributed by atoms with Crippen LogP contribution in [0.2, 0.25) is 0 Å². The summed E-state index contributed by atoms with van der Waals surface area (Å²) in [4.78, 5) is 11.2. The topological polar surface area (TPSA) is 89.7 Å². The quantitative estimate of drug-likeness (QED) is 0.482. The van der Waals surface area contributed by atoms with E-state index in [1.165, 1.54) is 38.3 Å². The molecule has 0 radical (unpaired) electrons. The Hall–Kier alpha value is -1.60. The van der Waals surface area contributed by atoms with E-state index >= 15 is 0 Å². The smallest absolute Gasteiger partial charge is 0.337 e. The van der Waals surface area contributed by atoms with Crippen molar-refractivity contribution in [2.75, 3.05) is 17.3 Å². The molecule has 0 aliphatic carbocycles. The third-order valence-electron chi connectivity index (χ3n) is 2.21. The lowest BCUT2D eigenvalue weighted by Crippen LogP contribution is -2.38. The average Bonchev–Trinajstić information content (AvgIpc) is 2.37. The molecule has 0 aliphatic rings. The van der Waals surface area contributed by atoms with Gasteiger partial charge in [0.05, 0.1) is 24.1 Å². The van der Waals surface area contributed by atoms with Gasteiger partial charge in [-0.25, -0.2) is 23.5 Å². The molecule has 94 valence electrons. The molecule has 0 fully saturated rings. The SMILES string of the molecule is CCS(=O)(=O)N(N)c1ccc(C(=O)OC)cc1. The Morgan fingerprint density at radius 1 is 1.35 bits per heavy atom. The van der Waals surface area contributed by atoms with Crippen molar-refractivity contribution in [1.82, 2.24) is 0 Å². The highest BCUT2D eigenvalue weighted by molar-refractivity contribution is 7.92. The Labute approximate surface area is 100.0 Å². The molecule has 0 aliphatic heterocycles. The van der Waals surface area contributed by atoms with E-state index in [4.69, 9.17) is 5.84 Å². The highest BCUT2D eigenvalue weighted by Gasteiger charge is 2.17. The van der Waals surface area contributed by atoms with Crippen LogP contribution >= 0.6 is 0 Å². The van der Waals surface area contributed by atoms with Gasteiger partial charge in [-0.05, 0) is 31.2 Å². The largest absolute Gasteiger partial charge is 0.465 e. The van der Waals surface area contributed by atoms with Crippen molar-refractivity contribution in [3.05, 3.63) is 29.8 Å². The number of nitrogens with zero attached hydrogens (tertiary/aromatic N) is 1. The van der Waals surface area contributed by atoms with Crippen LogP contribution in [0.15, 0.2) is 24.3 Å². The molecule has 0 unspecified atom stereocenters. The molecule has 6 nitrogen and oxygen atoms in total. The van der Waals surface area contributed by atoms with Crippen molar-refractivity contribution in [3.8, 4) is 0 Å². The van der Waals surface area contributed by atoms with Gasteiger partial charge in [0, 0.05) is 0 Å². The maximum atomic E-state index is 11.5. The normalized spacial score (nSPS) is 11.0. The Bertz CT molecular complexity index is 496. The van der Waals surface area contributed by atoms with Gasteiger partial charge in [0.25, 0.3) is 0 Å². The Morgan fingerprint density at radius 3 is 2.29 bits per heavy atom. The average molecular weight is 258 g/mol. The zero-order valence-electron chi connectivity index (χ0n) is 9.58. The number of esters is 1. The maximum Gasteiger partial charge on any atom is 0.337 e. The number of anilines is 1.